The van der Waals surface area contributed by atoms with E-state index >= 15 is 0 Å². The van der Waals surface area contributed by atoms with Gasteiger partial charge in [0, 0.05) is 10.6 Å². The molecule has 0 radical (unpaired) electrons. The van der Waals surface area contributed by atoms with E-state index in [9.17, 15) is 9.59 Å². The molecule has 2 amide bonds. The van der Waals surface area contributed by atoms with E-state index in [1.165, 1.54) is 9.80 Å². The van der Waals surface area contributed by atoms with Gasteiger partial charge >= 0.3 is 0 Å². The molecule has 0 spiro atoms. The quantitative estimate of drug-likeness (QED) is 0.483. The monoisotopic (exact) mass is 428 g/mol. The molecule has 4 N–H and O–H groups in total. The van der Waals surface area contributed by atoms with Crippen molar-refractivity contribution < 1.29 is 19.4 Å². The highest BCUT2D eigenvalue weighted by Crippen LogP contribution is 2.24. The fourth-order valence-corrected chi connectivity index (χ4v) is 4.46. The molecule has 7 heteroatoms. The third kappa shape index (κ3) is 6.08. The van der Waals surface area contributed by atoms with Crippen molar-refractivity contribution in [3.05, 3.63) is 53.6 Å². The number of amides is 2. The maximum atomic E-state index is 12.5. The molecule has 2 aromatic carbocycles. The second kappa shape index (κ2) is 10.6. The highest BCUT2D eigenvalue weighted by molar-refractivity contribution is 7.98. The third-order valence-corrected chi connectivity index (χ3v) is 6.41. The second-order valence-electron chi connectivity index (χ2n) is 7.92. The predicted molar refractivity (Wildman–Crippen MR) is 123 cm³/mol. The van der Waals surface area contributed by atoms with Crippen LogP contribution in [0.5, 0.6) is 0 Å². The summed E-state index contributed by atoms with van der Waals surface area (Å²) >= 11 is 1.63. The Morgan fingerprint density at radius 3 is 1.93 bits per heavy atom. The molecule has 3 rings (SSSR count). The van der Waals surface area contributed by atoms with Crippen LogP contribution < -0.4 is 20.4 Å². The first-order valence-electron chi connectivity index (χ1n) is 10.4. The maximum absolute atomic E-state index is 12.5. The lowest BCUT2D eigenvalue weighted by atomic mass is 10.1. The summed E-state index contributed by atoms with van der Waals surface area (Å²) in [4.78, 5) is 28.6. The van der Waals surface area contributed by atoms with Crippen LogP contribution in [0, 0.1) is 13.8 Å². The Kier molecular flexibility index (Phi) is 7.90. The van der Waals surface area contributed by atoms with E-state index < -0.39 is 0 Å². The standard InChI is InChI=1S/C23H30N4O2S/c1-17-7-6-8-18(2)23(17)25-22(29)16-27-13-11-26(12-14-27)15-21(28)24-19-9-4-5-10-20(19)30-3/h4-10H,11-16H2,1-3H3,(H,24,28)(H,25,29)/p+2. The molecule has 1 heterocycles. The van der Waals surface area contributed by atoms with Crippen molar-refractivity contribution in [1.82, 2.24) is 0 Å². The highest BCUT2D eigenvalue weighted by atomic mass is 32.2. The van der Waals surface area contributed by atoms with Crippen LogP contribution in [0.15, 0.2) is 47.4 Å². The molecule has 1 aliphatic rings. The number of piperazine rings is 1. The van der Waals surface area contributed by atoms with Crippen LogP contribution in [0.3, 0.4) is 0 Å². The number of benzene rings is 2. The van der Waals surface area contributed by atoms with E-state index in [1.54, 1.807) is 11.8 Å². The molecule has 0 aliphatic carbocycles. The first-order valence-corrected chi connectivity index (χ1v) is 11.6. The van der Waals surface area contributed by atoms with Crippen molar-refractivity contribution in [1.29, 1.82) is 0 Å². The summed E-state index contributed by atoms with van der Waals surface area (Å²) in [5, 5.41) is 6.11. The van der Waals surface area contributed by atoms with E-state index in [2.05, 4.69) is 10.6 Å². The number of rotatable bonds is 7. The second-order valence-corrected chi connectivity index (χ2v) is 8.77. The summed E-state index contributed by atoms with van der Waals surface area (Å²) < 4.78 is 0. The minimum atomic E-state index is 0.0442. The van der Waals surface area contributed by atoms with Gasteiger partial charge < -0.3 is 20.4 Å². The molecule has 0 unspecified atom stereocenters. The molecule has 1 saturated heterocycles. The van der Waals surface area contributed by atoms with Crippen molar-refractivity contribution >= 4 is 35.0 Å². The Morgan fingerprint density at radius 2 is 1.37 bits per heavy atom. The Bertz CT molecular complexity index is 874. The molecule has 0 aromatic heterocycles. The van der Waals surface area contributed by atoms with E-state index in [0.29, 0.717) is 13.1 Å². The molecule has 160 valence electrons. The fraction of sp³-hybridized carbons (Fsp3) is 0.391. The molecule has 0 saturated carbocycles. The number of para-hydroxylation sites is 2. The Labute approximate surface area is 183 Å². The first kappa shape index (κ1) is 22.3. The summed E-state index contributed by atoms with van der Waals surface area (Å²) in [6.45, 7) is 8.53. The Hall–Kier alpha value is -2.35. The maximum Gasteiger partial charge on any atom is 0.279 e. The van der Waals surface area contributed by atoms with E-state index in [4.69, 9.17) is 0 Å². The molecule has 2 aromatic rings. The number of thioether (sulfide) groups is 1. The van der Waals surface area contributed by atoms with E-state index in [1.807, 2.05) is 62.6 Å². The number of carbonyl (C=O) groups excluding carboxylic acids is 2. The topological polar surface area (TPSA) is 67.1 Å². The number of aryl methyl sites for hydroxylation is 2. The zero-order valence-electron chi connectivity index (χ0n) is 18.0. The number of anilines is 2. The summed E-state index contributed by atoms with van der Waals surface area (Å²) in [6.07, 6.45) is 2.01. The van der Waals surface area contributed by atoms with Gasteiger partial charge in [-0.25, -0.2) is 0 Å². The lowest BCUT2D eigenvalue weighted by molar-refractivity contribution is -1.00. The van der Waals surface area contributed by atoms with Crippen LogP contribution in [-0.4, -0.2) is 57.3 Å². The van der Waals surface area contributed by atoms with Crippen LogP contribution in [0.25, 0.3) is 0 Å². The van der Waals surface area contributed by atoms with Gasteiger partial charge in [0.15, 0.2) is 13.1 Å². The van der Waals surface area contributed by atoms with Crippen LogP contribution in [-0.2, 0) is 9.59 Å². The molecular formula is C23H32N4O2S+2. The Balaban J connectivity index is 1.43. The molecule has 30 heavy (non-hydrogen) atoms. The molecule has 6 nitrogen and oxygen atoms in total. The molecule has 0 bridgehead atoms. The highest BCUT2D eigenvalue weighted by Gasteiger charge is 2.26. The number of hydrogen-bond donors (Lipinski definition) is 4. The van der Waals surface area contributed by atoms with Crippen LogP contribution in [0.4, 0.5) is 11.4 Å². The lowest BCUT2D eigenvalue weighted by Gasteiger charge is -2.29. The van der Waals surface area contributed by atoms with Gasteiger partial charge in [-0.3, -0.25) is 9.59 Å². The Morgan fingerprint density at radius 1 is 0.833 bits per heavy atom. The predicted octanol–water partition coefficient (Wildman–Crippen LogP) is 0.386. The summed E-state index contributed by atoms with van der Waals surface area (Å²) in [5.74, 6) is 0.0972. The van der Waals surface area contributed by atoms with Gasteiger partial charge in [0.2, 0.25) is 0 Å². The van der Waals surface area contributed by atoms with E-state index in [0.717, 1.165) is 53.6 Å². The summed E-state index contributed by atoms with van der Waals surface area (Å²) in [5.41, 5.74) is 3.97. The van der Waals surface area contributed by atoms with Crippen molar-refractivity contribution in [2.75, 3.05) is 56.2 Å². The fourth-order valence-electron chi connectivity index (χ4n) is 3.90. The van der Waals surface area contributed by atoms with Gasteiger partial charge in [-0.1, -0.05) is 30.3 Å². The van der Waals surface area contributed by atoms with Crippen molar-refractivity contribution in [2.45, 2.75) is 18.7 Å². The first-order chi connectivity index (χ1) is 14.5. The minimum absolute atomic E-state index is 0.0442. The van der Waals surface area contributed by atoms with Gasteiger partial charge in [0.25, 0.3) is 11.8 Å². The van der Waals surface area contributed by atoms with Gasteiger partial charge in [-0.2, -0.15) is 0 Å². The third-order valence-electron chi connectivity index (χ3n) is 5.61. The molecular weight excluding hydrogens is 396 g/mol. The van der Waals surface area contributed by atoms with Crippen molar-refractivity contribution in [3.63, 3.8) is 0 Å². The smallest absolute Gasteiger partial charge is 0.279 e. The largest absolute Gasteiger partial charge is 0.321 e. The van der Waals surface area contributed by atoms with Gasteiger partial charge in [0.1, 0.15) is 26.2 Å². The summed E-state index contributed by atoms with van der Waals surface area (Å²) in [7, 11) is 0. The number of carbonyl (C=O) groups is 2. The molecule has 1 aliphatic heterocycles. The molecule has 0 atom stereocenters. The van der Waals surface area contributed by atoms with E-state index in [-0.39, 0.29) is 11.8 Å². The molecule has 1 fully saturated rings. The van der Waals surface area contributed by atoms with Gasteiger partial charge in [0.05, 0.1) is 5.69 Å². The normalized spacial score (nSPS) is 18.6. The number of quaternary nitrogens is 2. The van der Waals surface area contributed by atoms with Gasteiger partial charge in [-0.15, -0.1) is 11.8 Å². The van der Waals surface area contributed by atoms with Crippen molar-refractivity contribution in [3.8, 4) is 0 Å². The number of nitrogens with one attached hydrogen (secondary N) is 4. The number of hydrogen-bond acceptors (Lipinski definition) is 3. The van der Waals surface area contributed by atoms with Crippen LogP contribution >= 0.6 is 11.8 Å². The average molecular weight is 429 g/mol. The van der Waals surface area contributed by atoms with Crippen LogP contribution in [0.1, 0.15) is 11.1 Å². The zero-order valence-corrected chi connectivity index (χ0v) is 18.8. The van der Waals surface area contributed by atoms with Crippen LogP contribution in [0.2, 0.25) is 0 Å². The average Bonchev–Trinajstić information content (AvgIpc) is 2.72. The zero-order chi connectivity index (χ0) is 21.5. The van der Waals surface area contributed by atoms with Crippen molar-refractivity contribution in [2.24, 2.45) is 0 Å². The minimum Gasteiger partial charge on any atom is -0.321 e. The van der Waals surface area contributed by atoms with Gasteiger partial charge in [-0.05, 0) is 43.4 Å². The lowest BCUT2D eigenvalue weighted by Crippen LogP contribution is -3.28. The SMILES string of the molecule is CSc1ccccc1NC(=O)C[NH+]1CC[NH+](CC(=O)Nc2c(C)cccc2C)CC1. The summed E-state index contributed by atoms with van der Waals surface area (Å²) in [6, 6.07) is 13.9.